The second-order valence-electron chi connectivity index (χ2n) is 4.86. The molecule has 116 valence electrons. The molecule has 0 bridgehead atoms. The second kappa shape index (κ2) is 6.14. The van der Waals surface area contributed by atoms with Gasteiger partial charge in [-0.05, 0) is 36.4 Å². The van der Waals surface area contributed by atoms with Crippen molar-refractivity contribution in [2.24, 2.45) is 0 Å². The van der Waals surface area contributed by atoms with Gasteiger partial charge in [0, 0.05) is 10.6 Å². The standard InChI is InChI=1S/C17H13ClN2O3/c1-23-15-8-7-12(18)9-11(15)10-14-16(21)19-20(17(14)22)13-5-3-2-4-6-13/h2-10H,1H3,(H,19,21)/b14-10-. The molecular formula is C17H13ClN2O3. The minimum Gasteiger partial charge on any atom is -0.496 e. The smallest absolute Gasteiger partial charge is 0.282 e. The molecule has 1 aliphatic rings. The van der Waals surface area contributed by atoms with Crippen molar-refractivity contribution in [1.29, 1.82) is 0 Å². The lowest BCUT2D eigenvalue weighted by Gasteiger charge is -2.13. The van der Waals surface area contributed by atoms with Gasteiger partial charge in [-0.1, -0.05) is 29.8 Å². The van der Waals surface area contributed by atoms with Gasteiger partial charge in [-0.15, -0.1) is 0 Å². The molecule has 2 aromatic carbocycles. The van der Waals surface area contributed by atoms with Crippen molar-refractivity contribution in [2.75, 3.05) is 12.1 Å². The largest absolute Gasteiger partial charge is 0.496 e. The summed E-state index contributed by atoms with van der Waals surface area (Å²) in [5, 5.41) is 1.70. The molecule has 0 aromatic heterocycles. The summed E-state index contributed by atoms with van der Waals surface area (Å²) in [5.74, 6) is -0.371. The molecule has 0 atom stereocenters. The lowest BCUT2D eigenvalue weighted by molar-refractivity contribution is -0.117. The molecule has 2 aromatic rings. The van der Waals surface area contributed by atoms with Crippen LogP contribution >= 0.6 is 11.6 Å². The average molecular weight is 329 g/mol. The molecule has 23 heavy (non-hydrogen) atoms. The number of para-hydroxylation sites is 1. The molecule has 5 nitrogen and oxygen atoms in total. The highest BCUT2D eigenvalue weighted by Crippen LogP contribution is 2.27. The Morgan fingerprint density at radius 2 is 1.87 bits per heavy atom. The summed E-state index contributed by atoms with van der Waals surface area (Å²) in [7, 11) is 1.51. The molecule has 1 heterocycles. The number of benzene rings is 2. The van der Waals surface area contributed by atoms with Crippen LogP contribution in [0.25, 0.3) is 6.08 Å². The van der Waals surface area contributed by atoms with Crippen LogP contribution in [0.5, 0.6) is 5.75 Å². The fourth-order valence-corrected chi connectivity index (χ4v) is 2.47. The van der Waals surface area contributed by atoms with E-state index in [0.29, 0.717) is 22.0 Å². The van der Waals surface area contributed by atoms with Crippen LogP contribution in [0.4, 0.5) is 5.69 Å². The molecule has 2 amide bonds. The summed E-state index contributed by atoms with van der Waals surface area (Å²) in [5.41, 5.74) is 3.72. The van der Waals surface area contributed by atoms with Crippen LogP contribution in [-0.4, -0.2) is 18.9 Å². The Kier molecular flexibility index (Phi) is 4.04. The van der Waals surface area contributed by atoms with Crippen LogP contribution in [0.15, 0.2) is 54.1 Å². The van der Waals surface area contributed by atoms with Crippen LogP contribution in [0.2, 0.25) is 5.02 Å². The number of ether oxygens (including phenoxy) is 1. The van der Waals surface area contributed by atoms with Crippen molar-refractivity contribution in [3.05, 3.63) is 64.7 Å². The molecule has 1 N–H and O–H groups in total. The summed E-state index contributed by atoms with van der Waals surface area (Å²) in [6.07, 6.45) is 1.48. The highest BCUT2D eigenvalue weighted by Gasteiger charge is 2.34. The Bertz CT molecular complexity index is 803. The zero-order valence-corrected chi connectivity index (χ0v) is 13.0. The molecule has 1 fully saturated rings. The fourth-order valence-electron chi connectivity index (χ4n) is 2.29. The minimum atomic E-state index is -0.471. The third-order valence-corrected chi connectivity index (χ3v) is 3.63. The number of rotatable bonds is 3. The number of hydrogen-bond acceptors (Lipinski definition) is 3. The van der Waals surface area contributed by atoms with Crippen molar-refractivity contribution in [3.8, 4) is 5.75 Å². The van der Waals surface area contributed by atoms with Gasteiger partial charge in [0.1, 0.15) is 11.3 Å². The number of methoxy groups -OCH3 is 1. The van der Waals surface area contributed by atoms with Crippen LogP contribution < -0.4 is 15.2 Å². The number of amides is 2. The van der Waals surface area contributed by atoms with Gasteiger partial charge >= 0.3 is 0 Å². The zero-order chi connectivity index (χ0) is 16.4. The van der Waals surface area contributed by atoms with Gasteiger partial charge in [0.2, 0.25) is 0 Å². The Morgan fingerprint density at radius 1 is 1.13 bits per heavy atom. The number of halogens is 1. The molecule has 6 heteroatoms. The van der Waals surface area contributed by atoms with Crippen LogP contribution in [0.3, 0.4) is 0 Å². The van der Waals surface area contributed by atoms with E-state index in [2.05, 4.69) is 5.43 Å². The number of carbonyl (C=O) groups is 2. The van der Waals surface area contributed by atoms with Crippen molar-refractivity contribution in [1.82, 2.24) is 5.43 Å². The predicted molar refractivity (Wildman–Crippen MR) is 88.1 cm³/mol. The van der Waals surface area contributed by atoms with E-state index in [9.17, 15) is 9.59 Å². The molecule has 0 spiro atoms. The normalized spacial score (nSPS) is 15.9. The van der Waals surface area contributed by atoms with Crippen molar-refractivity contribution in [3.63, 3.8) is 0 Å². The highest BCUT2D eigenvalue weighted by molar-refractivity contribution is 6.32. The van der Waals surface area contributed by atoms with Crippen molar-refractivity contribution < 1.29 is 14.3 Å². The number of anilines is 1. The molecule has 1 aliphatic heterocycles. The molecule has 1 saturated heterocycles. The number of hydrazine groups is 1. The second-order valence-corrected chi connectivity index (χ2v) is 5.30. The van der Waals surface area contributed by atoms with E-state index in [1.54, 1.807) is 42.5 Å². The number of carbonyl (C=O) groups excluding carboxylic acids is 2. The Labute approximate surface area is 138 Å². The summed E-state index contributed by atoms with van der Waals surface area (Å²) < 4.78 is 5.23. The maximum Gasteiger partial charge on any atom is 0.282 e. The van der Waals surface area contributed by atoms with E-state index in [1.807, 2.05) is 6.07 Å². The molecule has 3 rings (SSSR count). The van der Waals surface area contributed by atoms with Crippen LogP contribution in [0, 0.1) is 0 Å². The maximum atomic E-state index is 12.5. The Morgan fingerprint density at radius 3 is 2.57 bits per heavy atom. The molecule has 0 radical (unpaired) electrons. The topological polar surface area (TPSA) is 58.6 Å². The molecule has 0 saturated carbocycles. The number of nitrogens with zero attached hydrogens (tertiary/aromatic N) is 1. The third kappa shape index (κ3) is 2.91. The van der Waals surface area contributed by atoms with Crippen LogP contribution in [0.1, 0.15) is 5.56 Å². The zero-order valence-electron chi connectivity index (χ0n) is 12.2. The summed E-state index contributed by atoms with van der Waals surface area (Å²) in [6.45, 7) is 0. The summed E-state index contributed by atoms with van der Waals surface area (Å²) in [4.78, 5) is 24.6. The molecule has 0 aliphatic carbocycles. The summed E-state index contributed by atoms with van der Waals surface area (Å²) >= 11 is 5.98. The van der Waals surface area contributed by atoms with Gasteiger partial charge in [-0.3, -0.25) is 15.0 Å². The number of hydrogen-bond donors (Lipinski definition) is 1. The quantitative estimate of drug-likeness (QED) is 0.696. The first-order valence-electron chi connectivity index (χ1n) is 6.86. The van der Waals surface area contributed by atoms with Gasteiger partial charge in [-0.2, -0.15) is 0 Å². The number of nitrogens with one attached hydrogen (secondary N) is 1. The van der Waals surface area contributed by atoms with Crippen LogP contribution in [-0.2, 0) is 9.59 Å². The third-order valence-electron chi connectivity index (χ3n) is 3.40. The summed E-state index contributed by atoms with van der Waals surface area (Å²) in [6, 6.07) is 13.9. The lowest BCUT2D eigenvalue weighted by atomic mass is 10.1. The van der Waals surface area contributed by atoms with E-state index in [0.717, 1.165) is 0 Å². The fraction of sp³-hybridized carbons (Fsp3) is 0.0588. The van der Waals surface area contributed by atoms with Crippen molar-refractivity contribution >= 4 is 35.2 Å². The molecule has 0 unspecified atom stereocenters. The minimum absolute atomic E-state index is 0.0226. The van der Waals surface area contributed by atoms with E-state index < -0.39 is 11.8 Å². The van der Waals surface area contributed by atoms with Gasteiger partial charge in [0.05, 0.1) is 12.8 Å². The van der Waals surface area contributed by atoms with E-state index in [-0.39, 0.29) is 5.57 Å². The monoisotopic (exact) mass is 328 g/mol. The first kappa shape index (κ1) is 15.1. The predicted octanol–water partition coefficient (Wildman–Crippen LogP) is 2.81. The van der Waals surface area contributed by atoms with E-state index in [4.69, 9.17) is 16.3 Å². The van der Waals surface area contributed by atoms with E-state index in [1.165, 1.54) is 18.2 Å². The van der Waals surface area contributed by atoms with Crippen molar-refractivity contribution in [2.45, 2.75) is 0 Å². The first-order valence-corrected chi connectivity index (χ1v) is 7.23. The van der Waals surface area contributed by atoms with Gasteiger partial charge in [0.15, 0.2) is 0 Å². The average Bonchev–Trinajstić information content (AvgIpc) is 2.84. The highest BCUT2D eigenvalue weighted by atomic mass is 35.5. The van der Waals surface area contributed by atoms with Gasteiger partial charge in [0.25, 0.3) is 11.8 Å². The maximum absolute atomic E-state index is 12.5. The SMILES string of the molecule is COc1ccc(Cl)cc1/C=C1/C(=O)NN(c2ccccc2)C1=O. The van der Waals surface area contributed by atoms with Gasteiger partial charge in [-0.25, -0.2) is 5.01 Å². The molecular weight excluding hydrogens is 316 g/mol. The van der Waals surface area contributed by atoms with E-state index >= 15 is 0 Å². The van der Waals surface area contributed by atoms with Gasteiger partial charge < -0.3 is 4.74 Å². The Balaban J connectivity index is 1.99. The first-order chi connectivity index (χ1) is 11.1. The Hall–Kier alpha value is -2.79. The lowest BCUT2D eigenvalue weighted by Crippen LogP contribution is -2.35.